The van der Waals surface area contributed by atoms with Crippen molar-refractivity contribution in [2.24, 2.45) is 5.92 Å². The highest BCUT2D eigenvalue weighted by Crippen LogP contribution is 2.30. The number of hydrogen-bond acceptors (Lipinski definition) is 3. The summed E-state index contributed by atoms with van der Waals surface area (Å²) < 4.78 is 5.12. The molecule has 1 aliphatic rings. The zero-order valence-electron chi connectivity index (χ0n) is 12.7. The number of benzene rings is 1. The van der Waals surface area contributed by atoms with E-state index < -0.39 is 0 Å². The maximum atomic E-state index is 11.9. The Balaban J connectivity index is 1.98. The highest BCUT2D eigenvalue weighted by Gasteiger charge is 2.30. The van der Waals surface area contributed by atoms with Crippen molar-refractivity contribution < 1.29 is 14.3 Å². The lowest BCUT2D eigenvalue weighted by molar-refractivity contribution is -0.121. The van der Waals surface area contributed by atoms with Gasteiger partial charge in [0.15, 0.2) is 0 Å². The molecule has 0 spiro atoms. The van der Waals surface area contributed by atoms with Gasteiger partial charge in [-0.15, -0.1) is 0 Å². The number of methoxy groups -OCH3 is 1. The molecule has 2 N–H and O–H groups in total. The molecule has 1 aromatic rings. The van der Waals surface area contributed by atoms with Crippen LogP contribution < -0.4 is 15.4 Å². The van der Waals surface area contributed by atoms with Crippen molar-refractivity contribution in [2.75, 3.05) is 13.7 Å². The molecule has 1 unspecified atom stereocenters. The van der Waals surface area contributed by atoms with Crippen molar-refractivity contribution in [3.63, 3.8) is 0 Å². The summed E-state index contributed by atoms with van der Waals surface area (Å²) in [6, 6.07) is 5.11. The number of carbonyl (C=O) groups excluding carboxylic acids is 2. The molecule has 1 atom stereocenters. The van der Waals surface area contributed by atoms with Gasteiger partial charge in [0.1, 0.15) is 5.75 Å². The number of carbonyl (C=O) groups is 2. The molecule has 0 saturated carbocycles. The average molecular weight is 290 g/mol. The van der Waals surface area contributed by atoms with Gasteiger partial charge >= 0.3 is 0 Å². The largest absolute Gasteiger partial charge is 0.497 e. The van der Waals surface area contributed by atoms with Gasteiger partial charge in [-0.3, -0.25) is 9.59 Å². The van der Waals surface area contributed by atoms with Crippen LogP contribution in [-0.2, 0) is 4.79 Å². The summed E-state index contributed by atoms with van der Waals surface area (Å²) in [6.45, 7) is 4.91. The number of nitrogens with one attached hydrogen (secondary N) is 2. The summed E-state index contributed by atoms with van der Waals surface area (Å²) >= 11 is 0. The third-order valence-corrected chi connectivity index (χ3v) is 3.62. The Morgan fingerprint density at radius 2 is 2.19 bits per heavy atom. The van der Waals surface area contributed by atoms with Crippen LogP contribution in [0.5, 0.6) is 5.75 Å². The van der Waals surface area contributed by atoms with E-state index in [2.05, 4.69) is 24.5 Å². The molecular weight excluding hydrogens is 268 g/mol. The molecule has 1 heterocycles. The fourth-order valence-electron chi connectivity index (χ4n) is 2.40. The quantitative estimate of drug-likeness (QED) is 0.842. The van der Waals surface area contributed by atoms with E-state index in [1.807, 2.05) is 12.1 Å². The van der Waals surface area contributed by atoms with Crippen molar-refractivity contribution in [1.29, 1.82) is 0 Å². The highest BCUT2D eigenvalue weighted by atomic mass is 16.5. The summed E-state index contributed by atoms with van der Waals surface area (Å²) in [4.78, 5) is 23.9. The molecule has 1 aromatic carbocycles. The first-order chi connectivity index (χ1) is 10.0. The maximum absolute atomic E-state index is 11.9. The predicted molar refractivity (Wildman–Crippen MR) is 80.3 cm³/mol. The minimum Gasteiger partial charge on any atom is -0.497 e. The third kappa shape index (κ3) is 3.74. The lowest BCUT2D eigenvalue weighted by Crippen LogP contribution is -2.30. The van der Waals surface area contributed by atoms with Gasteiger partial charge < -0.3 is 15.4 Å². The Hall–Kier alpha value is -2.04. The molecule has 0 bridgehead atoms. The van der Waals surface area contributed by atoms with Crippen molar-refractivity contribution in [3.8, 4) is 5.75 Å². The Bertz CT molecular complexity index is 540. The molecule has 0 saturated heterocycles. The van der Waals surface area contributed by atoms with Gasteiger partial charge in [-0.05, 0) is 30.0 Å². The van der Waals surface area contributed by atoms with Crippen molar-refractivity contribution >= 4 is 11.8 Å². The molecule has 0 aromatic heterocycles. The van der Waals surface area contributed by atoms with Gasteiger partial charge in [-0.25, -0.2) is 0 Å². The molecule has 2 rings (SSSR count). The Kier molecular flexibility index (Phi) is 4.83. The Morgan fingerprint density at radius 1 is 1.43 bits per heavy atom. The first-order valence-corrected chi connectivity index (χ1v) is 7.26. The first kappa shape index (κ1) is 15.4. The van der Waals surface area contributed by atoms with E-state index in [0.29, 0.717) is 23.8 Å². The lowest BCUT2D eigenvalue weighted by atomic mass is 10.0. The fourth-order valence-corrected chi connectivity index (χ4v) is 2.40. The van der Waals surface area contributed by atoms with Gasteiger partial charge in [-0.1, -0.05) is 19.9 Å². The van der Waals surface area contributed by atoms with Crippen LogP contribution in [-0.4, -0.2) is 25.5 Å². The molecule has 0 aliphatic carbocycles. The molecule has 5 heteroatoms. The molecular formula is C16H22N2O3. The Morgan fingerprint density at radius 3 is 2.86 bits per heavy atom. The molecule has 21 heavy (non-hydrogen) atoms. The topological polar surface area (TPSA) is 67.4 Å². The normalized spacial score (nSPS) is 16.6. The van der Waals surface area contributed by atoms with Gasteiger partial charge in [0.2, 0.25) is 5.91 Å². The first-order valence-electron chi connectivity index (χ1n) is 7.26. The van der Waals surface area contributed by atoms with E-state index in [0.717, 1.165) is 12.0 Å². The third-order valence-electron chi connectivity index (χ3n) is 3.62. The van der Waals surface area contributed by atoms with Gasteiger partial charge in [-0.2, -0.15) is 0 Å². The molecule has 0 fully saturated rings. The van der Waals surface area contributed by atoms with E-state index in [1.165, 1.54) is 0 Å². The zero-order valence-corrected chi connectivity index (χ0v) is 12.7. The number of amides is 2. The number of rotatable bonds is 6. The van der Waals surface area contributed by atoms with Crippen molar-refractivity contribution in [3.05, 3.63) is 29.3 Å². The standard InChI is InChI=1S/C16H22N2O3/c1-10(2)6-7-17-15(19)9-14-12-5-4-11(21-3)8-13(12)16(20)18-14/h4-5,8,10,14H,6-7,9H2,1-3H3,(H,17,19)(H,18,20). The van der Waals surface area contributed by atoms with E-state index in [4.69, 9.17) is 4.74 Å². The number of ether oxygens (including phenoxy) is 1. The minimum absolute atomic E-state index is 0.0374. The van der Waals surface area contributed by atoms with E-state index in [-0.39, 0.29) is 24.3 Å². The van der Waals surface area contributed by atoms with Crippen molar-refractivity contribution in [2.45, 2.75) is 32.7 Å². The average Bonchev–Trinajstić information content (AvgIpc) is 2.74. The molecule has 114 valence electrons. The summed E-state index contributed by atoms with van der Waals surface area (Å²) in [6.07, 6.45) is 1.22. The van der Waals surface area contributed by atoms with E-state index in [1.54, 1.807) is 13.2 Å². The van der Waals surface area contributed by atoms with Crippen LogP contribution in [0, 0.1) is 5.92 Å². The SMILES string of the molecule is COc1ccc2c(c1)C(=O)NC2CC(=O)NCCC(C)C. The molecule has 2 amide bonds. The van der Waals surface area contributed by atoms with E-state index in [9.17, 15) is 9.59 Å². The van der Waals surface area contributed by atoms with Crippen LogP contribution in [0.3, 0.4) is 0 Å². The molecule has 5 nitrogen and oxygen atoms in total. The van der Waals surface area contributed by atoms with Gasteiger partial charge in [0.05, 0.1) is 19.6 Å². The van der Waals surface area contributed by atoms with Crippen LogP contribution >= 0.6 is 0 Å². The predicted octanol–water partition coefficient (Wildman–Crippen LogP) is 2.03. The van der Waals surface area contributed by atoms with Crippen LogP contribution in [0.25, 0.3) is 0 Å². The van der Waals surface area contributed by atoms with Crippen LogP contribution in [0.4, 0.5) is 0 Å². The smallest absolute Gasteiger partial charge is 0.252 e. The summed E-state index contributed by atoms with van der Waals surface area (Å²) in [5.74, 6) is 1.02. The van der Waals surface area contributed by atoms with Crippen LogP contribution in [0.1, 0.15) is 48.7 Å². The minimum atomic E-state index is -0.252. The van der Waals surface area contributed by atoms with Crippen LogP contribution in [0.15, 0.2) is 18.2 Å². The monoisotopic (exact) mass is 290 g/mol. The Labute approximate surface area is 125 Å². The summed E-state index contributed by atoms with van der Waals surface area (Å²) in [5, 5.41) is 5.74. The molecule has 1 aliphatic heterocycles. The number of fused-ring (bicyclic) bond motifs is 1. The summed E-state index contributed by atoms with van der Waals surface area (Å²) in [7, 11) is 1.56. The zero-order chi connectivity index (χ0) is 15.4. The number of hydrogen-bond donors (Lipinski definition) is 2. The van der Waals surface area contributed by atoms with Gasteiger partial charge in [0, 0.05) is 12.1 Å². The fraction of sp³-hybridized carbons (Fsp3) is 0.500. The van der Waals surface area contributed by atoms with Gasteiger partial charge in [0.25, 0.3) is 5.91 Å². The van der Waals surface area contributed by atoms with Crippen LogP contribution in [0.2, 0.25) is 0 Å². The second kappa shape index (κ2) is 6.61. The maximum Gasteiger partial charge on any atom is 0.252 e. The summed E-state index contributed by atoms with van der Waals surface area (Å²) in [5.41, 5.74) is 1.45. The lowest BCUT2D eigenvalue weighted by Gasteiger charge is -2.12. The second-order valence-electron chi connectivity index (χ2n) is 5.72. The molecule has 0 radical (unpaired) electrons. The highest BCUT2D eigenvalue weighted by molar-refractivity contribution is 6.00. The van der Waals surface area contributed by atoms with E-state index >= 15 is 0 Å². The second-order valence-corrected chi connectivity index (χ2v) is 5.72. The van der Waals surface area contributed by atoms with Crippen molar-refractivity contribution in [1.82, 2.24) is 10.6 Å².